The zero-order valence-corrected chi connectivity index (χ0v) is 6.71. The SMILES string of the molecule is CCC(C)OC[C@@H](N)CO. The van der Waals surface area contributed by atoms with Crippen LogP contribution in [0.3, 0.4) is 0 Å². The van der Waals surface area contributed by atoms with E-state index in [4.69, 9.17) is 15.6 Å². The largest absolute Gasteiger partial charge is 0.395 e. The second kappa shape index (κ2) is 5.65. The van der Waals surface area contributed by atoms with Crippen molar-refractivity contribution in [3.63, 3.8) is 0 Å². The van der Waals surface area contributed by atoms with E-state index in [-0.39, 0.29) is 18.8 Å². The van der Waals surface area contributed by atoms with Crippen molar-refractivity contribution in [3.05, 3.63) is 0 Å². The molecule has 1 unspecified atom stereocenters. The monoisotopic (exact) mass is 147 g/mol. The third kappa shape index (κ3) is 4.73. The molecule has 0 amide bonds. The quantitative estimate of drug-likeness (QED) is 0.580. The molecule has 3 nitrogen and oxygen atoms in total. The Bertz CT molecular complexity index is 68.0. The van der Waals surface area contributed by atoms with E-state index in [0.717, 1.165) is 6.42 Å². The minimum atomic E-state index is -0.228. The maximum absolute atomic E-state index is 8.52. The van der Waals surface area contributed by atoms with Crippen LogP contribution in [0.4, 0.5) is 0 Å². The minimum absolute atomic E-state index is 0.00354. The van der Waals surface area contributed by atoms with Crippen LogP contribution in [0.2, 0.25) is 0 Å². The van der Waals surface area contributed by atoms with Crippen LogP contribution in [0.1, 0.15) is 20.3 Å². The third-order valence-electron chi connectivity index (χ3n) is 1.40. The summed E-state index contributed by atoms with van der Waals surface area (Å²) < 4.78 is 5.26. The summed E-state index contributed by atoms with van der Waals surface area (Å²) in [5, 5.41) is 8.52. The van der Waals surface area contributed by atoms with Gasteiger partial charge in [-0.3, -0.25) is 0 Å². The van der Waals surface area contributed by atoms with Crippen molar-refractivity contribution in [2.45, 2.75) is 32.4 Å². The van der Waals surface area contributed by atoms with Crippen molar-refractivity contribution in [2.75, 3.05) is 13.2 Å². The van der Waals surface area contributed by atoms with E-state index in [2.05, 4.69) is 6.92 Å². The normalized spacial score (nSPS) is 16.8. The first-order valence-electron chi connectivity index (χ1n) is 3.68. The second-order valence-corrected chi connectivity index (χ2v) is 2.49. The predicted octanol–water partition coefficient (Wildman–Crippen LogP) is 0.121. The molecular weight excluding hydrogens is 130 g/mol. The Morgan fingerprint density at radius 2 is 2.20 bits per heavy atom. The van der Waals surface area contributed by atoms with Gasteiger partial charge in [0.15, 0.2) is 0 Å². The van der Waals surface area contributed by atoms with E-state index < -0.39 is 0 Å². The molecule has 0 aliphatic heterocycles. The Morgan fingerprint density at radius 1 is 1.60 bits per heavy atom. The average Bonchev–Trinajstić information content (AvgIpc) is 1.99. The number of aliphatic hydroxyl groups excluding tert-OH is 1. The molecule has 10 heavy (non-hydrogen) atoms. The highest BCUT2D eigenvalue weighted by Gasteiger charge is 2.02. The van der Waals surface area contributed by atoms with Gasteiger partial charge in [0.1, 0.15) is 0 Å². The van der Waals surface area contributed by atoms with Crippen molar-refractivity contribution >= 4 is 0 Å². The van der Waals surface area contributed by atoms with Crippen molar-refractivity contribution in [2.24, 2.45) is 5.73 Å². The Morgan fingerprint density at radius 3 is 2.60 bits per heavy atom. The maximum atomic E-state index is 8.52. The number of nitrogens with two attached hydrogens (primary N) is 1. The van der Waals surface area contributed by atoms with Crippen LogP contribution in [-0.4, -0.2) is 30.5 Å². The smallest absolute Gasteiger partial charge is 0.0643 e. The fourth-order valence-electron chi connectivity index (χ4n) is 0.458. The molecule has 2 atom stereocenters. The minimum Gasteiger partial charge on any atom is -0.395 e. The molecule has 0 aromatic carbocycles. The van der Waals surface area contributed by atoms with Gasteiger partial charge in [-0.15, -0.1) is 0 Å². The number of hydrogen-bond donors (Lipinski definition) is 2. The molecule has 0 fully saturated rings. The summed E-state index contributed by atoms with van der Waals surface area (Å²) in [6, 6.07) is -0.228. The van der Waals surface area contributed by atoms with Crippen LogP contribution in [0, 0.1) is 0 Å². The van der Waals surface area contributed by atoms with Gasteiger partial charge in [-0.05, 0) is 13.3 Å². The molecule has 0 saturated heterocycles. The molecule has 0 saturated carbocycles. The number of aliphatic hydroxyl groups is 1. The van der Waals surface area contributed by atoms with Crippen LogP contribution >= 0.6 is 0 Å². The van der Waals surface area contributed by atoms with E-state index in [0.29, 0.717) is 6.61 Å². The molecule has 0 heterocycles. The molecule has 3 heteroatoms. The molecule has 0 bridgehead atoms. The molecule has 0 radical (unpaired) electrons. The first-order chi connectivity index (χ1) is 4.70. The Labute approximate surface area is 62.2 Å². The van der Waals surface area contributed by atoms with Crippen molar-refractivity contribution in [1.29, 1.82) is 0 Å². The summed E-state index contributed by atoms with van der Waals surface area (Å²) in [4.78, 5) is 0. The number of ether oxygens (including phenoxy) is 1. The lowest BCUT2D eigenvalue weighted by Gasteiger charge is -2.13. The molecule has 0 aliphatic rings. The summed E-state index contributed by atoms with van der Waals surface area (Å²) in [6.07, 6.45) is 1.23. The average molecular weight is 147 g/mol. The molecule has 0 aliphatic carbocycles. The van der Waals surface area contributed by atoms with E-state index in [1.165, 1.54) is 0 Å². The van der Waals surface area contributed by atoms with Gasteiger partial charge >= 0.3 is 0 Å². The van der Waals surface area contributed by atoms with Crippen LogP contribution in [0.15, 0.2) is 0 Å². The molecule has 0 aromatic rings. The highest BCUT2D eigenvalue weighted by molar-refractivity contribution is 4.57. The predicted molar refractivity (Wildman–Crippen MR) is 40.8 cm³/mol. The second-order valence-electron chi connectivity index (χ2n) is 2.49. The fourth-order valence-corrected chi connectivity index (χ4v) is 0.458. The van der Waals surface area contributed by atoms with Gasteiger partial charge in [-0.2, -0.15) is 0 Å². The lowest BCUT2D eigenvalue weighted by molar-refractivity contribution is 0.0435. The molecule has 3 N–H and O–H groups in total. The molecule has 0 spiro atoms. The van der Waals surface area contributed by atoms with Crippen LogP contribution < -0.4 is 5.73 Å². The van der Waals surface area contributed by atoms with Gasteiger partial charge in [-0.1, -0.05) is 6.92 Å². The summed E-state index contributed by atoms with van der Waals surface area (Å²) in [6.45, 7) is 4.49. The Kier molecular flexibility index (Phi) is 5.58. The number of rotatable bonds is 5. The summed E-state index contributed by atoms with van der Waals surface area (Å²) in [7, 11) is 0. The topological polar surface area (TPSA) is 55.5 Å². The molecule has 62 valence electrons. The summed E-state index contributed by atoms with van der Waals surface area (Å²) in [5.41, 5.74) is 5.40. The van der Waals surface area contributed by atoms with Crippen molar-refractivity contribution in [1.82, 2.24) is 0 Å². The highest BCUT2D eigenvalue weighted by atomic mass is 16.5. The van der Waals surface area contributed by atoms with Gasteiger partial charge in [-0.25, -0.2) is 0 Å². The Balaban J connectivity index is 3.17. The lowest BCUT2D eigenvalue weighted by Crippen LogP contribution is -2.31. The molecular formula is C7H17NO2. The zero-order valence-electron chi connectivity index (χ0n) is 6.71. The third-order valence-corrected chi connectivity index (χ3v) is 1.40. The highest BCUT2D eigenvalue weighted by Crippen LogP contribution is 1.95. The van der Waals surface area contributed by atoms with Gasteiger partial charge < -0.3 is 15.6 Å². The summed E-state index contributed by atoms with van der Waals surface area (Å²) >= 11 is 0. The lowest BCUT2D eigenvalue weighted by atomic mass is 10.3. The van der Waals surface area contributed by atoms with Crippen LogP contribution in [-0.2, 0) is 4.74 Å². The standard InChI is InChI=1S/C7H17NO2/c1-3-6(2)10-5-7(8)4-9/h6-7,9H,3-5,8H2,1-2H3/t6?,7-/m0/s1. The van der Waals surface area contributed by atoms with E-state index in [1.54, 1.807) is 0 Å². The van der Waals surface area contributed by atoms with Crippen LogP contribution in [0.25, 0.3) is 0 Å². The van der Waals surface area contributed by atoms with Crippen LogP contribution in [0.5, 0.6) is 0 Å². The van der Waals surface area contributed by atoms with E-state index >= 15 is 0 Å². The van der Waals surface area contributed by atoms with Gasteiger partial charge in [0.05, 0.1) is 25.4 Å². The van der Waals surface area contributed by atoms with Gasteiger partial charge in [0.25, 0.3) is 0 Å². The Hall–Kier alpha value is -0.120. The van der Waals surface area contributed by atoms with E-state index in [9.17, 15) is 0 Å². The maximum Gasteiger partial charge on any atom is 0.0643 e. The fraction of sp³-hybridized carbons (Fsp3) is 1.00. The molecule has 0 aromatic heterocycles. The van der Waals surface area contributed by atoms with Crippen molar-refractivity contribution in [3.8, 4) is 0 Å². The molecule has 0 rings (SSSR count). The number of hydrogen-bond acceptors (Lipinski definition) is 3. The van der Waals surface area contributed by atoms with Crippen molar-refractivity contribution < 1.29 is 9.84 Å². The summed E-state index contributed by atoms with van der Waals surface area (Å²) in [5.74, 6) is 0. The first kappa shape index (κ1) is 9.88. The van der Waals surface area contributed by atoms with Gasteiger partial charge in [0, 0.05) is 0 Å². The first-order valence-corrected chi connectivity index (χ1v) is 3.68. The van der Waals surface area contributed by atoms with E-state index in [1.807, 2.05) is 6.92 Å². The van der Waals surface area contributed by atoms with Gasteiger partial charge in [0.2, 0.25) is 0 Å². The zero-order chi connectivity index (χ0) is 7.98.